The number of fused-ring (bicyclic) bond motifs is 1. The van der Waals surface area contributed by atoms with Gasteiger partial charge in [-0.1, -0.05) is 11.6 Å². The molecular formula is C21H18ClNO6. The molecule has 0 fully saturated rings. The van der Waals surface area contributed by atoms with E-state index in [1.807, 2.05) is 0 Å². The van der Waals surface area contributed by atoms with E-state index in [1.165, 1.54) is 26.4 Å². The summed E-state index contributed by atoms with van der Waals surface area (Å²) >= 11 is 6.12. The quantitative estimate of drug-likeness (QED) is 0.424. The number of esters is 1. The molecule has 0 radical (unpaired) electrons. The third kappa shape index (κ3) is 4.75. The Labute approximate surface area is 172 Å². The van der Waals surface area contributed by atoms with E-state index in [0.29, 0.717) is 33.3 Å². The second-order valence-corrected chi connectivity index (χ2v) is 6.61. The van der Waals surface area contributed by atoms with Crippen LogP contribution in [0, 0.1) is 0 Å². The monoisotopic (exact) mass is 415 g/mol. The Hall–Kier alpha value is -3.32. The summed E-state index contributed by atoms with van der Waals surface area (Å²) in [5, 5.41) is 3.03. The number of amides is 1. The van der Waals surface area contributed by atoms with E-state index < -0.39 is 12.6 Å². The molecule has 1 aliphatic heterocycles. The van der Waals surface area contributed by atoms with E-state index in [2.05, 4.69) is 5.32 Å². The molecule has 2 aromatic carbocycles. The summed E-state index contributed by atoms with van der Waals surface area (Å²) in [7, 11) is 2.95. The van der Waals surface area contributed by atoms with Gasteiger partial charge in [-0.25, -0.2) is 4.79 Å². The number of ether oxygens (including phenoxy) is 3. The highest BCUT2D eigenvalue weighted by Gasteiger charge is 2.19. The van der Waals surface area contributed by atoms with Gasteiger partial charge in [-0.3, -0.25) is 9.59 Å². The van der Waals surface area contributed by atoms with Crippen molar-refractivity contribution in [1.82, 2.24) is 0 Å². The minimum absolute atomic E-state index is 0.114. The van der Waals surface area contributed by atoms with Gasteiger partial charge >= 0.3 is 5.97 Å². The lowest BCUT2D eigenvalue weighted by molar-refractivity contribution is -0.136. The number of hydrogen-bond donors (Lipinski definition) is 1. The summed E-state index contributed by atoms with van der Waals surface area (Å²) in [4.78, 5) is 35.6. The second kappa shape index (κ2) is 8.79. The average Bonchev–Trinajstić information content (AvgIpc) is 3.08. The molecule has 1 amide bonds. The molecule has 0 bridgehead atoms. The molecule has 29 heavy (non-hydrogen) atoms. The highest BCUT2D eigenvalue weighted by molar-refractivity contribution is 6.32. The van der Waals surface area contributed by atoms with Crippen molar-refractivity contribution in [2.75, 3.05) is 26.1 Å². The first-order chi connectivity index (χ1) is 13.9. The van der Waals surface area contributed by atoms with Crippen molar-refractivity contribution in [2.45, 2.75) is 6.42 Å². The lowest BCUT2D eigenvalue weighted by atomic mass is 10.1. The highest BCUT2D eigenvalue weighted by Crippen LogP contribution is 2.36. The normalized spacial score (nSPS) is 12.4. The molecule has 7 nitrogen and oxygen atoms in total. The number of benzene rings is 2. The van der Waals surface area contributed by atoms with Crippen LogP contribution in [-0.4, -0.2) is 38.5 Å². The van der Waals surface area contributed by atoms with Crippen molar-refractivity contribution in [3.63, 3.8) is 0 Å². The molecule has 0 spiro atoms. The van der Waals surface area contributed by atoms with Gasteiger partial charge in [0.15, 0.2) is 23.9 Å². The fraction of sp³-hybridized carbons (Fsp3) is 0.190. The highest BCUT2D eigenvalue weighted by atomic mass is 35.5. The van der Waals surface area contributed by atoms with Crippen LogP contribution in [0.2, 0.25) is 5.02 Å². The lowest BCUT2D eigenvalue weighted by Gasteiger charge is -2.10. The van der Waals surface area contributed by atoms with Crippen LogP contribution in [-0.2, 0) is 20.7 Å². The Balaban J connectivity index is 1.60. The van der Waals surface area contributed by atoms with Gasteiger partial charge in [0.1, 0.15) is 0 Å². The molecule has 1 aliphatic rings. The Morgan fingerprint density at radius 2 is 1.97 bits per heavy atom. The smallest absolute Gasteiger partial charge is 0.331 e. The van der Waals surface area contributed by atoms with Gasteiger partial charge in [0.25, 0.3) is 0 Å². The topological polar surface area (TPSA) is 90.9 Å². The zero-order valence-electron chi connectivity index (χ0n) is 15.8. The van der Waals surface area contributed by atoms with E-state index >= 15 is 0 Å². The first kappa shape index (κ1) is 20.4. The maximum Gasteiger partial charge on any atom is 0.331 e. The van der Waals surface area contributed by atoms with E-state index in [1.54, 1.807) is 30.3 Å². The third-order valence-corrected chi connectivity index (χ3v) is 4.55. The number of ketones is 1. The summed E-state index contributed by atoms with van der Waals surface area (Å²) < 4.78 is 15.4. The molecular weight excluding hydrogens is 398 g/mol. The molecule has 2 aromatic rings. The molecule has 1 heterocycles. The number of methoxy groups -OCH3 is 2. The Morgan fingerprint density at radius 3 is 2.69 bits per heavy atom. The summed E-state index contributed by atoms with van der Waals surface area (Å²) in [5.74, 6) is -0.333. The van der Waals surface area contributed by atoms with Gasteiger partial charge in [0.05, 0.1) is 25.7 Å². The predicted molar refractivity (Wildman–Crippen MR) is 108 cm³/mol. The van der Waals surface area contributed by atoms with Crippen LogP contribution >= 0.6 is 11.6 Å². The predicted octanol–water partition coefficient (Wildman–Crippen LogP) is 3.29. The summed E-state index contributed by atoms with van der Waals surface area (Å²) in [6, 6.07) is 8.14. The fourth-order valence-corrected chi connectivity index (χ4v) is 3.17. The van der Waals surface area contributed by atoms with Crippen LogP contribution < -0.4 is 14.8 Å². The number of hydrogen-bond acceptors (Lipinski definition) is 6. The number of carbonyl (C=O) groups is 3. The van der Waals surface area contributed by atoms with Gasteiger partial charge in [-0.15, -0.1) is 0 Å². The zero-order chi connectivity index (χ0) is 21.0. The Bertz CT molecular complexity index is 1010. The standard InChI is InChI=1S/C21H18ClNO6/c1-27-18-8-12(7-15(22)21(18)28-2)3-6-20(26)29-11-17(24)13-4-5-16-14(9-13)10-19(25)23-16/h3-9H,10-11H2,1-2H3,(H,23,25)/b6-3+. The number of anilines is 1. The van der Waals surface area contributed by atoms with Crippen molar-refractivity contribution < 1.29 is 28.6 Å². The Morgan fingerprint density at radius 1 is 1.17 bits per heavy atom. The number of rotatable bonds is 7. The molecule has 0 saturated heterocycles. The van der Waals surface area contributed by atoms with Crippen LogP contribution in [0.3, 0.4) is 0 Å². The Kier molecular flexibility index (Phi) is 6.19. The molecule has 0 saturated carbocycles. The second-order valence-electron chi connectivity index (χ2n) is 6.20. The minimum Gasteiger partial charge on any atom is -0.493 e. The van der Waals surface area contributed by atoms with Crippen molar-refractivity contribution in [1.29, 1.82) is 0 Å². The van der Waals surface area contributed by atoms with Crippen LogP contribution in [0.25, 0.3) is 6.08 Å². The van der Waals surface area contributed by atoms with Gasteiger partial charge in [0, 0.05) is 17.3 Å². The van der Waals surface area contributed by atoms with Gasteiger partial charge < -0.3 is 19.5 Å². The zero-order valence-corrected chi connectivity index (χ0v) is 16.5. The average molecular weight is 416 g/mol. The number of Topliss-reactive ketones (excluding diaryl/α,β-unsaturated/α-hetero) is 1. The summed E-state index contributed by atoms with van der Waals surface area (Å²) in [5.41, 5.74) is 2.42. The molecule has 1 N–H and O–H groups in total. The first-order valence-corrected chi connectivity index (χ1v) is 9.01. The van der Waals surface area contributed by atoms with E-state index in [-0.39, 0.29) is 18.1 Å². The first-order valence-electron chi connectivity index (χ1n) is 8.63. The maximum absolute atomic E-state index is 12.2. The molecule has 3 rings (SSSR count). The van der Waals surface area contributed by atoms with Gasteiger partial charge in [0.2, 0.25) is 5.91 Å². The molecule has 0 aliphatic carbocycles. The number of nitrogens with one attached hydrogen (secondary N) is 1. The summed E-state index contributed by atoms with van der Waals surface area (Å²) in [6.07, 6.45) is 2.91. The van der Waals surface area contributed by atoms with Crippen LogP contribution in [0.4, 0.5) is 5.69 Å². The SMILES string of the molecule is COc1cc(/C=C/C(=O)OCC(=O)c2ccc3c(c2)CC(=O)N3)cc(Cl)c1OC. The molecule has 0 atom stereocenters. The number of carbonyl (C=O) groups excluding carboxylic acids is 3. The summed E-state index contributed by atoms with van der Waals surface area (Å²) in [6.45, 7) is -0.407. The van der Waals surface area contributed by atoms with Gasteiger partial charge in [-0.2, -0.15) is 0 Å². The minimum atomic E-state index is -0.678. The lowest BCUT2D eigenvalue weighted by Crippen LogP contribution is -2.12. The van der Waals surface area contributed by atoms with Crippen LogP contribution in [0.1, 0.15) is 21.5 Å². The van der Waals surface area contributed by atoms with Crippen molar-refractivity contribution in [2.24, 2.45) is 0 Å². The maximum atomic E-state index is 12.2. The largest absolute Gasteiger partial charge is 0.493 e. The number of halogens is 1. The molecule has 8 heteroatoms. The van der Waals surface area contributed by atoms with Crippen molar-refractivity contribution in [3.8, 4) is 11.5 Å². The fourth-order valence-electron chi connectivity index (χ4n) is 2.87. The van der Waals surface area contributed by atoms with Crippen LogP contribution in [0.5, 0.6) is 11.5 Å². The van der Waals surface area contributed by atoms with Crippen molar-refractivity contribution in [3.05, 3.63) is 58.1 Å². The van der Waals surface area contributed by atoms with E-state index in [0.717, 1.165) is 5.56 Å². The van der Waals surface area contributed by atoms with E-state index in [9.17, 15) is 14.4 Å². The van der Waals surface area contributed by atoms with Gasteiger partial charge in [-0.05, 0) is 47.5 Å². The molecule has 150 valence electrons. The molecule has 0 unspecified atom stereocenters. The van der Waals surface area contributed by atoms with Crippen LogP contribution in [0.15, 0.2) is 36.4 Å². The molecule has 0 aromatic heterocycles. The van der Waals surface area contributed by atoms with Crippen molar-refractivity contribution >= 4 is 41.0 Å². The van der Waals surface area contributed by atoms with E-state index in [4.69, 9.17) is 25.8 Å². The third-order valence-electron chi connectivity index (χ3n) is 4.27.